The topological polar surface area (TPSA) is 48.1 Å². The van der Waals surface area contributed by atoms with Crippen LogP contribution in [-0.2, 0) is 6.54 Å². The molecule has 0 atom stereocenters. The van der Waals surface area contributed by atoms with Crippen LogP contribution in [-0.4, -0.2) is 11.1 Å². The normalized spacial score (nSPS) is 17.4. The van der Waals surface area contributed by atoms with Crippen LogP contribution >= 0.6 is 11.6 Å². The monoisotopic (exact) mass is 240 g/mol. The molecule has 1 aliphatic rings. The molecular weight excluding hydrogens is 224 g/mol. The number of halogens is 1. The summed E-state index contributed by atoms with van der Waals surface area (Å²) in [5.74, 6) is 0.547. The molecule has 16 heavy (non-hydrogen) atoms. The predicted octanol–water partition coefficient (Wildman–Crippen LogP) is 2.91. The summed E-state index contributed by atoms with van der Waals surface area (Å²) in [7, 11) is 0. The molecule has 1 aliphatic carbocycles. The summed E-state index contributed by atoms with van der Waals surface area (Å²) >= 11 is 6.08. The third kappa shape index (κ3) is 2.86. The SMILES string of the molecule is NCc1cnc(OC2CCCCC2)c(Cl)c1. The molecule has 0 aliphatic heterocycles. The van der Waals surface area contributed by atoms with Crippen molar-refractivity contribution in [2.75, 3.05) is 0 Å². The van der Waals surface area contributed by atoms with Crippen molar-refractivity contribution in [3.8, 4) is 5.88 Å². The number of nitrogens with zero attached hydrogens (tertiary/aromatic N) is 1. The van der Waals surface area contributed by atoms with Crippen LogP contribution in [0.1, 0.15) is 37.7 Å². The molecule has 0 aromatic carbocycles. The number of hydrogen-bond donors (Lipinski definition) is 1. The van der Waals surface area contributed by atoms with E-state index in [0.717, 1.165) is 18.4 Å². The largest absolute Gasteiger partial charge is 0.473 e. The van der Waals surface area contributed by atoms with Gasteiger partial charge in [0.1, 0.15) is 11.1 Å². The zero-order valence-electron chi connectivity index (χ0n) is 9.29. The number of aromatic nitrogens is 1. The van der Waals surface area contributed by atoms with Crippen molar-refractivity contribution in [2.45, 2.75) is 44.8 Å². The van der Waals surface area contributed by atoms with Gasteiger partial charge in [0.05, 0.1) is 0 Å². The molecule has 1 fully saturated rings. The van der Waals surface area contributed by atoms with E-state index in [9.17, 15) is 0 Å². The van der Waals surface area contributed by atoms with Crippen LogP contribution in [0.25, 0.3) is 0 Å². The van der Waals surface area contributed by atoms with E-state index in [1.54, 1.807) is 6.20 Å². The van der Waals surface area contributed by atoms with E-state index < -0.39 is 0 Å². The van der Waals surface area contributed by atoms with E-state index in [0.29, 0.717) is 17.4 Å². The highest BCUT2D eigenvalue weighted by atomic mass is 35.5. The van der Waals surface area contributed by atoms with Gasteiger partial charge in [-0.2, -0.15) is 0 Å². The Labute approximate surface area is 101 Å². The quantitative estimate of drug-likeness (QED) is 0.884. The lowest BCUT2D eigenvalue weighted by atomic mass is 9.98. The molecule has 1 aromatic rings. The molecule has 4 heteroatoms. The Morgan fingerprint density at radius 2 is 2.12 bits per heavy atom. The summed E-state index contributed by atoms with van der Waals surface area (Å²) in [4.78, 5) is 4.21. The summed E-state index contributed by atoms with van der Waals surface area (Å²) in [6.07, 6.45) is 8.01. The van der Waals surface area contributed by atoms with E-state index in [-0.39, 0.29) is 6.10 Å². The van der Waals surface area contributed by atoms with Gasteiger partial charge >= 0.3 is 0 Å². The Balaban J connectivity index is 2.03. The van der Waals surface area contributed by atoms with Gasteiger partial charge in [0, 0.05) is 12.7 Å². The van der Waals surface area contributed by atoms with Crippen molar-refractivity contribution < 1.29 is 4.74 Å². The molecule has 1 saturated carbocycles. The maximum absolute atomic E-state index is 6.08. The minimum Gasteiger partial charge on any atom is -0.473 e. The zero-order chi connectivity index (χ0) is 11.4. The maximum Gasteiger partial charge on any atom is 0.232 e. The Bertz CT molecular complexity index is 351. The summed E-state index contributed by atoms with van der Waals surface area (Å²) in [6.45, 7) is 0.455. The van der Waals surface area contributed by atoms with Gasteiger partial charge < -0.3 is 10.5 Å². The van der Waals surface area contributed by atoms with E-state index in [2.05, 4.69) is 4.98 Å². The molecule has 0 radical (unpaired) electrons. The first-order valence-corrected chi connectivity index (χ1v) is 6.18. The lowest BCUT2D eigenvalue weighted by Gasteiger charge is -2.22. The van der Waals surface area contributed by atoms with Gasteiger partial charge in [-0.05, 0) is 37.3 Å². The number of pyridine rings is 1. The third-order valence-corrected chi connectivity index (χ3v) is 3.20. The molecule has 0 spiro atoms. The van der Waals surface area contributed by atoms with E-state index in [1.807, 2.05) is 6.07 Å². The lowest BCUT2D eigenvalue weighted by molar-refractivity contribution is 0.149. The number of rotatable bonds is 3. The van der Waals surface area contributed by atoms with Gasteiger partial charge in [0.25, 0.3) is 0 Å². The smallest absolute Gasteiger partial charge is 0.232 e. The van der Waals surface area contributed by atoms with Gasteiger partial charge in [0.2, 0.25) is 5.88 Å². The summed E-state index contributed by atoms with van der Waals surface area (Å²) in [5.41, 5.74) is 6.45. The highest BCUT2D eigenvalue weighted by Gasteiger charge is 2.16. The molecule has 2 N–H and O–H groups in total. The molecule has 1 aromatic heterocycles. The first-order chi connectivity index (χ1) is 7.79. The van der Waals surface area contributed by atoms with E-state index >= 15 is 0 Å². The second-order valence-electron chi connectivity index (χ2n) is 4.21. The van der Waals surface area contributed by atoms with Crippen molar-refractivity contribution >= 4 is 11.6 Å². The van der Waals surface area contributed by atoms with Gasteiger partial charge in [0.15, 0.2) is 0 Å². The molecule has 3 nitrogen and oxygen atoms in total. The number of nitrogens with two attached hydrogens (primary N) is 1. The molecule has 0 saturated heterocycles. The molecule has 0 amide bonds. The third-order valence-electron chi connectivity index (χ3n) is 2.93. The van der Waals surface area contributed by atoms with Crippen LogP contribution in [0.4, 0.5) is 0 Å². The predicted molar refractivity (Wildman–Crippen MR) is 64.6 cm³/mol. The lowest BCUT2D eigenvalue weighted by Crippen LogP contribution is -2.20. The number of hydrogen-bond acceptors (Lipinski definition) is 3. The van der Waals surface area contributed by atoms with Crippen molar-refractivity contribution in [1.29, 1.82) is 0 Å². The maximum atomic E-state index is 6.08. The minimum absolute atomic E-state index is 0.280. The van der Waals surface area contributed by atoms with Gasteiger partial charge in [-0.3, -0.25) is 0 Å². The highest BCUT2D eigenvalue weighted by molar-refractivity contribution is 6.31. The second-order valence-corrected chi connectivity index (χ2v) is 4.62. The van der Waals surface area contributed by atoms with Gasteiger partial charge in [-0.25, -0.2) is 4.98 Å². The Morgan fingerprint density at radius 1 is 1.38 bits per heavy atom. The van der Waals surface area contributed by atoms with Gasteiger partial charge in [-0.1, -0.05) is 18.0 Å². The Kier molecular flexibility index (Phi) is 4.02. The van der Waals surface area contributed by atoms with Crippen molar-refractivity contribution in [1.82, 2.24) is 4.98 Å². The Hall–Kier alpha value is -0.800. The molecular formula is C12H17ClN2O. The van der Waals surface area contributed by atoms with Crippen molar-refractivity contribution in [2.24, 2.45) is 5.73 Å². The van der Waals surface area contributed by atoms with Crippen LogP contribution < -0.4 is 10.5 Å². The zero-order valence-corrected chi connectivity index (χ0v) is 10.0. The van der Waals surface area contributed by atoms with Crippen molar-refractivity contribution in [3.63, 3.8) is 0 Å². The number of ether oxygens (including phenoxy) is 1. The van der Waals surface area contributed by atoms with E-state index in [4.69, 9.17) is 22.1 Å². The highest BCUT2D eigenvalue weighted by Crippen LogP contribution is 2.27. The molecule has 0 unspecified atom stereocenters. The fourth-order valence-electron chi connectivity index (χ4n) is 2.00. The average Bonchev–Trinajstić information content (AvgIpc) is 2.33. The molecule has 88 valence electrons. The van der Waals surface area contributed by atoms with Crippen LogP contribution in [0.2, 0.25) is 5.02 Å². The summed E-state index contributed by atoms with van der Waals surface area (Å²) in [6, 6.07) is 1.83. The minimum atomic E-state index is 0.280. The summed E-state index contributed by atoms with van der Waals surface area (Å²) in [5, 5.41) is 0.563. The van der Waals surface area contributed by atoms with Crippen molar-refractivity contribution in [3.05, 3.63) is 22.8 Å². The van der Waals surface area contributed by atoms with E-state index in [1.165, 1.54) is 19.3 Å². The first kappa shape index (κ1) is 11.7. The fourth-order valence-corrected chi connectivity index (χ4v) is 2.24. The first-order valence-electron chi connectivity index (χ1n) is 5.80. The van der Waals surface area contributed by atoms with Crippen LogP contribution in [0.5, 0.6) is 5.88 Å². The summed E-state index contributed by atoms with van der Waals surface area (Å²) < 4.78 is 5.80. The molecule has 1 heterocycles. The van der Waals surface area contributed by atoms with Crippen LogP contribution in [0, 0.1) is 0 Å². The fraction of sp³-hybridized carbons (Fsp3) is 0.583. The molecule has 0 bridgehead atoms. The van der Waals surface area contributed by atoms with Crippen LogP contribution in [0.3, 0.4) is 0 Å². The standard InChI is InChI=1S/C12H17ClN2O/c13-11-6-9(7-14)8-15-12(11)16-10-4-2-1-3-5-10/h6,8,10H,1-5,7,14H2. The molecule has 2 rings (SSSR count). The second kappa shape index (κ2) is 5.51. The Morgan fingerprint density at radius 3 is 2.75 bits per heavy atom. The average molecular weight is 241 g/mol. The van der Waals surface area contributed by atoms with Crippen LogP contribution in [0.15, 0.2) is 12.3 Å². The van der Waals surface area contributed by atoms with Gasteiger partial charge in [-0.15, -0.1) is 0 Å².